The molecule has 22 heavy (non-hydrogen) atoms. The zero-order chi connectivity index (χ0) is 17.0. The third kappa shape index (κ3) is 3.60. The monoisotopic (exact) mass is 304 g/mol. The highest BCUT2D eigenvalue weighted by atomic mass is 16.3. The Balaban J connectivity index is 3.21. The minimum atomic E-state index is -0.181. The number of allylic oxidation sites excluding steroid dienone is 4. The molecule has 0 spiro atoms. The maximum atomic E-state index is 12.4. The van der Waals surface area contributed by atoms with Crippen LogP contribution in [0.5, 0.6) is 0 Å². The first-order chi connectivity index (χ1) is 10.2. The average Bonchev–Trinajstić information content (AvgIpc) is 2.46. The Hall–Kier alpha value is -1.15. The van der Waals surface area contributed by atoms with Crippen LogP contribution in [0.3, 0.4) is 0 Å². The van der Waals surface area contributed by atoms with E-state index in [-0.39, 0.29) is 35.1 Å². The lowest BCUT2D eigenvalue weighted by atomic mass is 9.51. The molecule has 0 aromatic rings. The molecule has 124 valence electrons. The van der Waals surface area contributed by atoms with Gasteiger partial charge in [-0.25, -0.2) is 0 Å². The molecule has 1 fully saturated rings. The van der Waals surface area contributed by atoms with Crippen LogP contribution in [0.1, 0.15) is 53.4 Å². The van der Waals surface area contributed by atoms with Gasteiger partial charge in [0.05, 0.1) is 0 Å². The van der Waals surface area contributed by atoms with Crippen LogP contribution < -0.4 is 0 Å². The predicted octanol–water partition coefficient (Wildman–Crippen LogP) is 4.71. The number of aliphatic hydroxyl groups excluding tert-OH is 1. The molecule has 0 aliphatic heterocycles. The highest BCUT2D eigenvalue weighted by molar-refractivity contribution is 5.79. The van der Waals surface area contributed by atoms with Crippen molar-refractivity contribution in [3.63, 3.8) is 0 Å². The molecule has 0 unspecified atom stereocenters. The van der Waals surface area contributed by atoms with Crippen LogP contribution >= 0.6 is 0 Å². The maximum Gasteiger partial charge on any atom is 0.133 e. The number of ketones is 1. The Bertz CT molecular complexity index is 462. The van der Waals surface area contributed by atoms with Gasteiger partial charge in [-0.05, 0) is 49.9 Å². The van der Waals surface area contributed by atoms with Crippen molar-refractivity contribution in [1.82, 2.24) is 0 Å². The number of rotatable bonds is 7. The summed E-state index contributed by atoms with van der Waals surface area (Å²) in [7, 11) is 0. The predicted molar refractivity (Wildman–Crippen MR) is 93.6 cm³/mol. The maximum absolute atomic E-state index is 12.4. The van der Waals surface area contributed by atoms with E-state index in [0.29, 0.717) is 0 Å². The van der Waals surface area contributed by atoms with E-state index in [4.69, 9.17) is 0 Å². The Labute approximate surface area is 136 Å². The number of carbonyl (C=O) groups is 1. The van der Waals surface area contributed by atoms with Gasteiger partial charge in [0.25, 0.3) is 0 Å². The molecule has 0 aromatic carbocycles. The first kappa shape index (κ1) is 18.9. The largest absolute Gasteiger partial charge is 0.396 e. The van der Waals surface area contributed by atoms with Crippen molar-refractivity contribution in [3.05, 3.63) is 37.0 Å². The summed E-state index contributed by atoms with van der Waals surface area (Å²) in [5.74, 6) is 0.325. The standard InChI is InChI=1S/C20H32O2/c1-7-15(3)10-11-17(16(4)22)20(6)13-9-12-19(5,14-21)18(20)8-2/h7-8,10,17-18,21H,1-2,9,11-14H2,3-6H3/b15-10+/t17-,18+,19-,20+/m0/s1. The smallest absolute Gasteiger partial charge is 0.133 e. The average molecular weight is 304 g/mol. The van der Waals surface area contributed by atoms with Gasteiger partial charge in [-0.3, -0.25) is 4.79 Å². The van der Waals surface area contributed by atoms with Crippen molar-refractivity contribution in [2.75, 3.05) is 6.61 Å². The summed E-state index contributed by atoms with van der Waals surface area (Å²) in [5, 5.41) is 9.90. The molecule has 0 heterocycles. The van der Waals surface area contributed by atoms with Gasteiger partial charge < -0.3 is 5.11 Å². The molecule has 0 amide bonds. The van der Waals surface area contributed by atoms with Crippen molar-refractivity contribution in [3.8, 4) is 0 Å². The first-order valence-electron chi connectivity index (χ1n) is 8.28. The molecular weight excluding hydrogens is 272 g/mol. The van der Waals surface area contributed by atoms with Gasteiger partial charge in [-0.15, -0.1) is 6.58 Å². The fraction of sp³-hybridized carbons (Fsp3) is 0.650. The molecule has 2 nitrogen and oxygen atoms in total. The summed E-state index contributed by atoms with van der Waals surface area (Å²) < 4.78 is 0. The highest BCUT2D eigenvalue weighted by Crippen LogP contribution is 2.56. The van der Waals surface area contributed by atoms with Crippen LogP contribution in [0.25, 0.3) is 0 Å². The van der Waals surface area contributed by atoms with E-state index in [1.165, 1.54) is 0 Å². The minimum Gasteiger partial charge on any atom is -0.396 e. The van der Waals surface area contributed by atoms with Gasteiger partial charge in [0.1, 0.15) is 5.78 Å². The summed E-state index contributed by atoms with van der Waals surface area (Å²) in [4.78, 5) is 12.4. The summed E-state index contributed by atoms with van der Waals surface area (Å²) in [6.45, 7) is 16.0. The fourth-order valence-corrected chi connectivity index (χ4v) is 4.39. The van der Waals surface area contributed by atoms with Crippen LogP contribution in [0, 0.1) is 22.7 Å². The summed E-state index contributed by atoms with van der Waals surface area (Å²) in [6.07, 6.45) is 9.67. The Morgan fingerprint density at radius 3 is 2.41 bits per heavy atom. The van der Waals surface area contributed by atoms with Crippen LogP contribution in [-0.2, 0) is 4.79 Å². The summed E-state index contributed by atoms with van der Waals surface area (Å²) in [6, 6.07) is 0. The third-order valence-electron chi connectivity index (χ3n) is 5.81. The van der Waals surface area contributed by atoms with E-state index in [9.17, 15) is 9.90 Å². The molecule has 4 atom stereocenters. The zero-order valence-electron chi connectivity index (χ0n) is 14.7. The van der Waals surface area contributed by atoms with Gasteiger partial charge in [0, 0.05) is 12.5 Å². The Morgan fingerprint density at radius 1 is 1.32 bits per heavy atom. The van der Waals surface area contributed by atoms with E-state index in [2.05, 4.69) is 33.1 Å². The number of hydrogen-bond donors (Lipinski definition) is 1. The van der Waals surface area contributed by atoms with Crippen LogP contribution in [0.15, 0.2) is 37.0 Å². The normalized spacial score (nSPS) is 34.0. The van der Waals surface area contributed by atoms with Gasteiger partial charge in [-0.2, -0.15) is 0 Å². The van der Waals surface area contributed by atoms with Crippen LogP contribution in [-0.4, -0.2) is 17.5 Å². The number of Topliss-reactive ketones (excluding diaryl/α,β-unsaturated/α-hetero) is 1. The molecular formula is C20H32O2. The van der Waals surface area contributed by atoms with Gasteiger partial charge in [0.15, 0.2) is 0 Å². The van der Waals surface area contributed by atoms with Crippen molar-refractivity contribution in [2.45, 2.75) is 53.4 Å². The van der Waals surface area contributed by atoms with Crippen molar-refractivity contribution < 1.29 is 9.90 Å². The second kappa shape index (κ2) is 7.41. The lowest BCUT2D eigenvalue weighted by molar-refractivity contribution is -0.130. The molecule has 0 bridgehead atoms. The molecule has 0 radical (unpaired) electrons. The molecule has 1 N–H and O–H groups in total. The second-order valence-corrected chi connectivity index (χ2v) is 7.44. The number of hydrogen-bond acceptors (Lipinski definition) is 2. The van der Waals surface area contributed by atoms with E-state index < -0.39 is 0 Å². The SMILES string of the molecule is C=C/C(C)=C/C[C@@H](C(C)=O)[C@@]1(C)CCC[C@@](C)(CO)[C@H]1C=C. The van der Waals surface area contributed by atoms with E-state index in [1.54, 1.807) is 6.92 Å². The molecule has 1 saturated carbocycles. The molecule has 1 aliphatic carbocycles. The lowest BCUT2D eigenvalue weighted by Gasteiger charge is -2.53. The van der Waals surface area contributed by atoms with Gasteiger partial charge in [0.2, 0.25) is 0 Å². The topological polar surface area (TPSA) is 37.3 Å². The Kier molecular flexibility index (Phi) is 6.37. The van der Waals surface area contributed by atoms with Crippen LogP contribution in [0.4, 0.5) is 0 Å². The first-order valence-corrected chi connectivity index (χ1v) is 8.28. The van der Waals surface area contributed by atoms with E-state index in [0.717, 1.165) is 31.3 Å². The quantitative estimate of drug-likeness (QED) is 0.546. The van der Waals surface area contributed by atoms with Crippen molar-refractivity contribution in [2.24, 2.45) is 22.7 Å². The molecule has 2 heteroatoms. The van der Waals surface area contributed by atoms with E-state index >= 15 is 0 Å². The van der Waals surface area contributed by atoms with Gasteiger partial charge >= 0.3 is 0 Å². The van der Waals surface area contributed by atoms with Crippen LogP contribution in [0.2, 0.25) is 0 Å². The lowest BCUT2D eigenvalue weighted by Crippen LogP contribution is -2.49. The molecule has 1 rings (SSSR count). The van der Waals surface area contributed by atoms with Gasteiger partial charge in [-0.1, -0.05) is 50.6 Å². The number of aliphatic hydroxyl groups is 1. The summed E-state index contributed by atoms with van der Waals surface area (Å²) in [5.41, 5.74) is 0.770. The fourth-order valence-electron chi connectivity index (χ4n) is 4.39. The number of carbonyl (C=O) groups excluding carboxylic acids is 1. The minimum absolute atomic E-state index is 0.0448. The highest BCUT2D eigenvalue weighted by Gasteiger charge is 2.51. The molecule has 0 saturated heterocycles. The molecule has 1 aliphatic rings. The van der Waals surface area contributed by atoms with E-state index in [1.807, 2.05) is 19.1 Å². The Morgan fingerprint density at radius 2 is 1.95 bits per heavy atom. The second-order valence-electron chi connectivity index (χ2n) is 7.44. The third-order valence-corrected chi connectivity index (χ3v) is 5.81. The van der Waals surface area contributed by atoms with Crippen molar-refractivity contribution >= 4 is 5.78 Å². The zero-order valence-corrected chi connectivity index (χ0v) is 14.7. The summed E-state index contributed by atoms with van der Waals surface area (Å²) >= 11 is 0. The molecule has 0 aromatic heterocycles. The van der Waals surface area contributed by atoms with Crippen molar-refractivity contribution in [1.29, 1.82) is 0 Å².